The van der Waals surface area contributed by atoms with Crippen LogP contribution < -0.4 is 0 Å². The van der Waals surface area contributed by atoms with Gasteiger partial charge in [0.25, 0.3) is 0 Å². The van der Waals surface area contributed by atoms with Crippen molar-refractivity contribution >= 4 is 15.9 Å². The molecule has 1 aromatic carbocycles. The first kappa shape index (κ1) is 13.6. The van der Waals surface area contributed by atoms with Gasteiger partial charge in [0.1, 0.15) is 5.82 Å². The Bertz CT molecular complexity index is 320. The van der Waals surface area contributed by atoms with Crippen molar-refractivity contribution in [1.82, 2.24) is 0 Å². The summed E-state index contributed by atoms with van der Waals surface area (Å²) in [6.45, 7) is 1.94. The third-order valence-electron chi connectivity index (χ3n) is 2.50. The van der Waals surface area contributed by atoms with E-state index < -0.39 is 6.10 Å². The number of hydrogen-bond donors (Lipinski definition) is 1. The van der Waals surface area contributed by atoms with Crippen LogP contribution in [0, 0.1) is 5.82 Å². The number of benzene rings is 1. The predicted molar refractivity (Wildman–Crippen MR) is 64.9 cm³/mol. The van der Waals surface area contributed by atoms with Gasteiger partial charge < -0.3 is 9.84 Å². The molecule has 1 aromatic rings. The number of hydrogen-bond acceptors (Lipinski definition) is 2. The van der Waals surface area contributed by atoms with E-state index in [2.05, 4.69) is 15.9 Å². The lowest BCUT2D eigenvalue weighted by molar-refractivity contribution is -0.0128. The monoisotopic (exact) mass is 290 g/mol. The first-order chi connectivity index (χ1) is 7.56. The quantitative estimate of drug-likeness (QED) is 0.904. The zero-order chi connectivity index (χ0) is 12.1. The summed E-state index contributed by atoms with van der Waals surface area (Å²) in [6, 6.07) is 4.62. The minimum absolute atomic E-state index is 0.206. The van der Waals surface area contributed by atoms with Gasteiger partial charge in [0.05, 0.1) is 12.2 Å². The average molecular weight is 291 g/mol. The largest absolute Gasteiger partial charge is 0.390 e. The van der Waals surface area contributed by atoms with Gasteiger partial charge in [-0.2, -0.15) is 0 Å². The molecule has 0 aromatic heterocycles. The Morgan fingerprint density at radius 1 is 1.44 bits per heavy atom. The van der Waals surface area contributed by atoms with E-state index in [1.807, 2.05) is 6.92 Å². The molecule has 1 rings (SSSR count). The second-order valence-corrected chi connectivity index (χ2v) is 4.65. The van der Waals surface area contributed by atoms with Crippen molar-refractivity contribution in [2.45, 2.75) is 32.0 Å². The van der Waals surface area contributed by atoms with E-state index in [1.54, 1.807) is 13.2 Å². The van der Waals surface area contributed by atoms with Crippen LogP contribution in [0.1, 0.15) is 18.9 Å². The molecule has 4 heteroatoms. The van der Waals surface area contributed by atoms with Crippen LogP contribution in [0.3, 0.4) is 0 Å². The smallest absolute Gasteiger partial charge is 0.124 e. The standard InChI is InChI=1S/C12H16BrFO2/c1-3-12(16-2)11(15)6-8-4-9(13)7-10(14)5-8/h4-5,7,11-12,15H,3,6H2,1-2H3. The maximum atomic E-state index is 13.1. The van der Waals surface area contributed by atoms with Crippen molar-refractivity contribution in [2.75, 3.05) is 7.11 Å². The zero-order valence-corrected chi connectivity index (χ0v) is 11.0. The summed E-state index contributed by atoms with van der Waals surface area (Å²) in [5, 5.41) is 9.88. The second-order valence-electron chi connectivity index (χ2n) is 3.73. The molecule has 0 saturated carbocycles. The molecule has 0 aliphatic rings. The molecule has 0 heterocycles. The Hall–Kier alpha value is -0.450. The van der Waals surface area contributed by atoms with Crippen LogP contribution >= 0.6 is 15.9 Å². The maximum absolute atomic E-state index is 13.1. The van der Waals surface area contributed by atoms with Gasteiger partial charge in [-0.3, -0.25) is 0 Å². The van der Waals surface area contributed by atoms with Gasteiger partial charge in [-0.05, 0) is 30.2 Å². The van der Waals surface area contributed by atoms with Crippen LogP contribution in [0.15, 0.2) is 22.7 Å². The molecule has 2 unspecified atom stereocenters. The molecule has 0 amide bonds. The van der Waals surface area contributed by atoms with Crippen LogP contribution in [0.4, 0.5) is 4.39 Å². The number of methoxy groups -OCH3 is 1. The molecule has 2 atom stereocenters. The molecule has 0 fully saturated rings. The van der Waals surface area contributed by atoms with Crippen molar-refractivity contribution in [3.63, 3.8) is 0 Å². The van der Waals surface area contributed by atoms with Crippen LogP contribution in [0.5, 0.6) is 0 Å². The highest BCUT2D eigenvalue weighted by molar-refractivity contribution is 9.10. The maximum Gasteiger partial charge on any atom is 0.124 e. The summed E-state index contributed by atoms with van der Waals surface area (Å²) in [5.41, 5.74) is 0.759. The molecule has 0 bridgehead atoms. The van der Waals surface area contributed by atoms with Gasteiger partial charge in [0.2, 0.25) is 0 Å². The third kappa shape index (κ3) is 3.85. The fraction of sp³-hybridized carbons (Fsp3) is 0.500. The number of rotatable bonds is 5. The van der Waals surface area contributed by atoms with Gasteiger partial charge >= 0.3 is 0 Å². The number of aliphatic hydroxyl groups is 1. The first-order valence-corrected chi connectivity index (χ1v) is 6.02. The lowest BCUT2D eigenvalue weighted by atomic mass is 10.0. The number of ether oxygens (including phenoxy) is 1. The Labute approximate surface area is 104 Å². The van der Waals surface area contributed by atoms with Crippen LogP contribution in [0.25, 0.3) is 0 Å². The summed E-state index contributed by atoms with van der Waals surface area (Å²) in [4.78, 5) is 0. The summed E-state index contributed by atoms with van der Waals surface area (Å²) in [5.74, 6) is -0.304. The average Bonchev–Trinajstić information content (AvgIpc) is 2.17. The first-order valence-electron chi connectivity index (χ1n) is 5.22. The summed E-state index contributed by atoms with van der Waals surface area (Å²) in [7, 11) is 1.57. The lowest BCUT2D eigenvalue weighted by Gasteiger charge is -2.20. The Morgan fingerprint density at radius 3 is 2.62 bits per heavy atom. The molecule has 0 radical (unpaired) electrons. The van der Waals surface area contributed by atoms with Gasteiger partial charge in [0, 0.05) is 18.0 Å². The normalized spacial score (nSPS) is 14.8. The third-order valence-corrected chi connectivity index (χ3v) is 2.96. The molecule has 0 saturated heterocycles. The zero-order valence-electron chi connectivity index (χ0n) is 9.41. The molecule has 16 heavy (non-hydrogen) atoms. The topological polar surface area (TPSA) is 29.5 Å². The van der Waals surface area contributed by atoms with E-state index in [0.29, 0.717) is 10.9 Å². The van der Waals surface area contributed by atoms with E-state index in [1.165, 1.54) is 12.1 Å². The van der Waals surface area contributed by atoms with Gasteiger partial charge in [0.15, 0.2) is 0 Å². The predicted octanol–water partition coefficient (Wildman–Crippen LogP) is 2.92. The van der Waals surface area contributed by atoms with E-state index in [0.717, 1.165) is 12.0 Å². The molecule has 2 nitrogen and oxygen atoms in total. The Kier molecular flexibility index (Phi) is 5.38. The highest BCUT2D eigenvalue weighted by Crippen LogP contribution is 2.17. The Morgan fingerprint density at radius 2 is 2.12 bits per heavy atom. The van der Waals surface area contributed by atoms with Crippen molar-refractivity contribution in [3.8, 4) is 0 Å². The van der Waals surface area contributed by atoms with Gasteiger partial charge in [-0.25, -0.2) is 4.39 Å². The molecular weight excluding hydrogens is 275 g/mol. The molecular formula is C12H16BrFO2. The molecule has 0 spiro atoms. The second kappa shape index (κ2) is 6.33. The van der Waals surface area contributed by atoms with Crippen LogP contribution in [-0.2, 0) is 11.2 Å². The molecule has 1 N–H and O–H groups in total. The van der Waals surface area contributed by atoms with E-state index in [4.69, 9.17) is 4.74 Å². The van der Waals surface area contributed by atoms with Gasteiger partial charge in [-0.15, -0.1) is 0 Å². The van der Waals surface area contributed by atoms with Crippen LogP contribution in [-0.4, -0.2) is 24.4 Å². The minimum atomic E-state index is -0.608. The molecule has 0 aliphatic heterocycles. The van der Waals surface area contributed by atoms with E-state index >= 15 is 0 Å². The Balaban J connectivity index is 2.72. The fourth-order valence-electron chi connectivity index (χ4n) is 1.70. The highest BCUT2D eigenvalue weighted by Gasteiger charge is 2.17. The molecule has 90 valence electrons. The summed E-state index contributed by atoms with van der Waals surface area (Å²) < 4.78 is 18.9. The van der Waals surface area contributed by atoms with Crippen molar-refractivity contribution < 1.29 is 14.2 Å². The number of halogens is 2. The van der Waals surface area contributed by atoms with Crippen molar-refractivity contribution in [2.24, 2.45) is 0 Å². The highest BCUT2D eigenvalue weighted by atomic mass is 79.9. The molecule has 0 aliphatic carbocycles. The number of aliphatic hydroxyl groups excluding tert-OH is 1. The van der Waals surface area contributed by atoms with E-state index in [9.17, 15) is 9.50 Å². The summed E-state index contributed by atoms with van der Waals surface area (Å²) >= 11 is 3.22. The SMILES string of the molecule is CCC(OC)C(O)Cc1cc(F)cc(Br)c1. The van der Waals surface area contributed by atoms with Crippen LogP contribution in [0.2, 0.25) is 0 Å². The van der Waals surface area contributed by atoms with Gasteiger partial charge in [-0.1, -0.05) is 22.9 Å². The summed E-state index contributed by atoms with van der Waals surface area (Å²) in [6.07, 6.45) is 0.308. The fourth-order valence-corrected chi connectivity index (χ4v) is 2.21. The van der Waals surface area contributed by atoms with Crippen molar-refractivity contribution in [3.05, 3.63) is 34.1 Å². The van der Waals surface area contributed by atoms with Crippen molar-refractivity contribution in [1.29, 1.82) is 0 Å². The van der Waals surface area contributed by atoms with E-state index in [-0.39, 0.29) is 11.9 Å². The lowest BCUT2D eigenvalue weighted by Crippen LogP contribution is -2.29. The minimum Gasteiger partial charge on any atom is -0.390 e.